The van der Waals surface area contributed by atoms with Gasteiger partial charge in [-0.1, -0.05) is 61.8 Å². The van der Waals surface area contributed by atoms with Crippen LogP contribution in [0.1, 0.15) is 44.0 Å². The number of halogens is 1. The van der Waals surface area contributed by atoms with Gasteiger partial charge in [0.15, 0.2) is 5.54 Å². The molecule has 2 aromatic carbocycles. The van der Waals surface area contributed by atoms with E-state index in [1.54, 1.807) is 17.9 Å². The molecule has 0 unspecified atom stereocenters. The zero-order chi connectivity index (χ0) is 24.9. The van der Waals surface area contributed by atoms with Gasteiger partial charge < -0.3 is 15.2 Å². The van der Waals surface area contributed by atoms with E-state index >= 15 is 0 Å². The van der Waals surface area contributed by atoms with Gasteiger partial charge in [-0.15, -0.1) is 0 Å². The zero-order valence-electron chi connectivity index (χ0n) is 20.1. The van der Waals surface area contributed by atoms with Crippen molar-refractivity contribution in [3.05, 3.63) is 70.4 Å². The average Bonchev–Trinajstić information content (AvgIpc) is 3.31. The zero-order valence-corrected chi connectivity index (χ0v) is 20.9. The van der Waals surface area contributed by atoms with Crippen molar-refractivity contribution in [2.45, 2.75) is 51.7 Å². The third kappa shape index (κ3) is 3.69. The Bertz CT molecular complexity index is 1330. The molecule has 4 amide bonds. The van der Waals surface area contributed by atoms with Gasteiger partial charge >= 0.3 is 6.03 Å². The first-order chi connectivity index (χ1) is 16.7. The van der Waals surface area contributed by atoms with Crippen LogP contribution in [0.25, 0.3) is 10.9 Å². The Morgan fingerprint density at radius 1 is 1.14 bits per heavy atom. The van der Waals surface area contributed by atoms with Crippen molar-refractivity contribution >= 4 is 40.3 Å². The molecule has 0 radical (unpaired) electrons. The van der Waals surface area contributed by atoms with E-state index < -0.39 is 17.6 Å². The molecule has 1 aromatic heterocycles. The van der Waals surface area contributed by atoms with Crippen LogP contribution in [-0.2, 0) is 28.1 Å². The lowest BCUT2D eigenvalue weighted by atomic mass is 9.87. The van der Waals surface area contributed by atoms with Crippen molar-refractivity contribution in [3.63, 3.8) is 0 Å². The molecule has 1 saturated heterocycles. The summed E-state index contributed by atoms with van der Waals surface area (Å²) in [6, 6.07) is 13.9. The minimum absolute atomic E-state index is 0.0979. The summed E-state index contributed by atoms with van der Waals surface area (Å²) in [5, 5.41) is 4.52. The predicted octanol–water partition coefficient (Wildman–Crippen LogP) is 4.59. The van der Waals surface area contributed by atoms with Crippen molar-refractivity contribution in [2.75, 3.05) is 6.54 Å². The number of nitrogens with zero attached hydrogens (tertiary/aromatic N) is 2. The van der Waals surface area contributed by atoms with E-state index in [9.17, 15) is 14.4 Å². The normalized spacial score (nSPS) is 20.4. The fourth-order valence-electron chi connectivity index (χ4n) is 5.41. The third-order valence-corrected chi connectivity index (χ3v) is 7.59. The number of carbonyl (C=O) groups is 3. The Morgan fingerprint density at radius 3 is 2.60 bits per heavy atom. The standard InChI is InChI=1S/C27H29ClN4O3/c1-16(2)14-22(24(33)29-15-17-8-4-6-10-20(17)28)32-25(34)27(3)23-19(12-13-31(27)26(32)35)18-9-5-7-11-21(18)30-23/h4-11,16,22,30H,12-15H2,1-3H3,(H,29,33)/t22-,27-/m0/s1. The minimum Gasteiger partial charge on any atom is -0.356 e. The third-order valence-electron chi connectivity index (χ3n) is 7.22. The Kier molecular flexibility index (Phi) is 5.83. The van der Waals surface area contributed by atoms with Gasteiger partial charge in [-0.2, -0.15) is 0 Å². The van der Waals surface area contributed by atoms with Gasteiger partial charge in [0.05, 0.1) is 5.69 Å². The molecule has 2 aliphatic rings. The van der Waals surface area contributed by atoms with Crippen LogP contribution in [0.15, 0.2) is 48.5 Å². The van der Waals surface area contributed by atoms with E-state index in [-0.39, 0.29) is 24.3 Å². The lowest BCUT2D eigenvalue weighted by Gasteiger charge is -2.36. The topological polar surface area (TPSA) is 85.5 Å². The number of hydrogen-bond donors (Lipinski definition) is 2. The van der Waals surface area contributed by atoms with Gasteiger partial charge in [-0.25, -0.2) is 9.69 Å². The molecule has 35 heavy (non-hydrogen) atoms. The molecular weight excluding hydrogens is 464 g/mol. The number of aromatic amines is 1. The minimum atomic E-state index is -1.18. The maximum Gasteiger partial charge on any atom is 0.328 e. The van der Waals surface area contributed by atoms with Crippen molar-refractivity contribution in [3.8, 4) is 0 Å². The van der Waals surface area contributed by atoms with Crippen LogP contribution >= 0.6 is 11.6 Å². The van der Waals surface area contributed by atoms with Crippen LogP contribution in [0.4, 0.5) is 4.79 Å². The van der Waals surface area contributed by atoms with Crippen LogP contribution in [0.5, 0.6) is 0 Å². The number of H-pyrrole nitrogens is 1. The summed E-state index contributed by atoms with van der Waals surface area (Å²) in [6.45, 7) is 6.38. The van der Waals surface area contributed by atoms with Crippen molar-refractivity contribution in [1.29, 1.82) is 0 Å². The maximum absolute atomic E-state index is 14.0. The molecular formula is C27H29ClN4O3. The van der Waals surface area contributed by atoms with Gasteiger partial charge in [0, 0.05) is 29.0 Å². The highest BCUT2D eigenvalue weighted by molar-refractivity contribution is 6.31. The quantitative estimate of drug-likeness (QED) is 0.493. The number of amides is 4. The van der Waals surface area contributed by atoms with Crippen LogP contribution in [0, 0.1) is 5.92 Å². The number of aromatic nitrogens is 1. The van der Waals surface area contributed by atoms with Gasteiger partial charge in [-0.05, 0) is 48.9 Å². The molecule has 2 aliphatic heterocycles. The lowest BCUT2D eigenvalue weighted by molar-refractivity contribution is -0.140. The summed E-state index contributed by atoms with van der Waals surface area (Å²) < 4.78 is 0. The molecule has 0 aliphatic carbocycles. The summed E-state index contributed by atoms with van der Waals surface area (Å²) in [6.07, 6.45) is 1.02. The van der Waals surface area contributed by atoms with Crippen molar-refractivity contribution < 1.29 is 14.4 Å². The molecule has 3 aromatic rings. The highest BCUT2D eigenvalue weighted by atomic mass is 35.5. The monoisotopic (exact) mass is 492 g/mol. The van der Waals surface area contributed by atoms with Crippen LogP contribution < -0.4 is 5.32 Å². The number of carbonyl (C=O) groups excluding carboxylic acids is 3. The SMILES string of the molecule is CC(C)C[C@@H](C(=O)NCc1ccccc1Cl)N1C(=O)N2CCc3c([nH]c4ccccc34)[C@@]2(C)C1=O. The molecule has 182 valence electrons. The Labute approximate surface area is 209 Å². The summed E-state index contributed by atoms with van der Waals surface area (Å²) in [7, 11) is 0. The van der Waals surface area contributed by atoms with E-state index in [4.69, 9.17) is 11.6 Å². The molecule has 7 nitrogen and oxygen atoms in total. The Morgan fingerprint density at radius 2 is 1.86 bits per heavy atom. The number of fused-ring (bicyclic) bond motifs is 5. The number of hydrogen-bond acceptors (Lipinski definition) is 3. The second kappa shape index (κ2) is 8.72. The molecule has 8 heteroatoms. The van der Waals surface area contributed by atoms with Gasteiger partial charge in [0.1, 0.15) is 6.04 Å². The summed E-state index contributed by atoms with van der Waals surface area (Å²) in [5.74, 6) is -0.630. The Hall–Kier alpha value is -3.32. The van der Waals surface area contributed by atoms with Gasteiger partial charge in [0.2, 0.25) is 5.91 Å². The number of imide groups is 1. The molecule has 3 heterocycles. The second-order valence-corrected chi connectivity index (χ2v) is 10.3. The number of nitrogens with one attached hydrogen (secondary N) is 2. The Balaban J connectivity index is 1.48. The van der Waals surface area contributed by atoms with E-state index in [2.05, 4.69) is 10.3 Å². The molecule has 5 rings (SSSR count). The number of para-hydroxylation sites is 1. The van der Waals surface area contributed by atoms with Crippen LogP contribution in [0.3, 0.4) is 0 Å². The van der Waals surface area contributed by atoms with E-state index in [0.717, 1.165) is 27.7 Å². The van der Waals surface area contributed by atoms with Crippen molar-refractivity contribution in [2.24, 2.45) is 5.92 Å². The number of urea groups is 1. The molecule has 0 saturated carbocycles. The first-order valence-electron chi connectivity index (χ1n) is 12.0. The maximum atomic E-state index is 14.0. The van der Waals surface area contributed by atoms with E-state index in [1.165, 1.54) is 4.90 Å². The average molecular weight is 493 g/mol. The first kappa shape index (κ1) is 23.4. The molecule has 1 fully saturated rings. The number of rotatable bonds is 6. The summed E-state index contributed by atoms with van der Waals surface area (Å²) in [4.78, 5) is 47.3. The molecule has 2 atom stereocenters. The predicted molar refractivity (Wildman–Crippen MR) is 135 cm³/mol. The fraction of sp³-hybridized carbons (Fsp3) is 0.370. The van der Waals surface area contributed by atoms with Crippen LogP contribution in [0.2, 0.25) is 5.02 Å². The second-order valence-electron chi connectivity index (χ2n) is 9.91. The van der Waals surface area contributed by atoms with Gasteiger partial charge in [-0.3, -0.25) is 9.59 Å². The molecule has 2 N–H and O–H groups in total. The molecule has 0 spiro atoms. The largest absolute Gasteiger partial charge is 0.356 e. The smallest absolute Gasteiger partial charge is 0.328 e. The highest BCUT2D eigenvalue weighted by Crippen LogP contribution is 2.45. The summed E-state index contributed by atoms with van der Waals surface area (Å²) in [5.41, 5.74) is 2.34. The van der Waals surface area contributed by atoms with Crippen LogP contribution in [-0.4, -0.2) is 45.2 Å². The highest BCUT2D eigenvalue weighted by Gasteiger charge is 2.60. The van der Waals surface area contributed by atoms with E-state index in [0.29, 0.717) is 24.4 Å². The fourth-order valence-corrected chi connectivity index (χ4v) is 5.61. The van der Waals surface area contributed by atoms with E-state index in [1.807, 2.05) is 56.3 Å². The van der Waals surface area contributed by atoms with Gasteiger partial charge in [0.25, 0.3) is 5.91 Å². The number of benzene rings is 2. The lowest BCUT2D eigenvalue weighted by Crippen LogP contribution is -2.51. The first-order valence-corrected chi connectivity index (χ1v) is 12.4. The van der Waals surface area contributed by atoms with Crippen molar-refractivity contribution in [1.82, 2.24) is 20.1 Å². The summed E-state index contributed by atoms with van der Waals surface area (Å²) >= 11 is 6.25. The molecule has 0 bridgehead atoms.